The standard InChI is InChI=1S/C27H25FN6O2/c1-16-3-8-22(28)21(13-16)25(35)31-19-4-6-20(7-5-19)34-12-9-17(2)24(26(34)36)33-11-10-23-18(15-33)14-30-27(29)32-23/h3-9,12-14H,10-11,15H2,1-2H3,(H,31,35)(H2,29,30,32). The van der Waals surface area contributed by atoms with E-state index in [-0.39, 0.29) is 17.1 Å². The van der Waals surface area contributed by atoms with Gasteiger partial charge in [0.15, 0.2) is 0 Å². The Balaban J connectivity index is 1.39. The number of carbonyl (C=O) groups excluding carboxylic acids is 1. The van der Waals surface area contributed by atoms with Gasteiger partial charge in [-0.2, -0.15) is 0 Å². The Morgan fingerprint density at radius 3 is 2.67 bits per heavy atom. The SMILES string of the molecule is Cc1ccc(F)c(C(=O)Nc2ccc(-n3ccc(C)c(N4CCc5nc(N)ncc5C4)c3=O)cc2)c1. The van der Waals surface area contributed by atoms with Gasteiger partial charge in [-0.1, -0.05) is 11.6 Å². The second-order valence-corrected chi connectivity index (χ2v) is 8.88. The van der Waals surface area contributed by atoms with Gasteiger partial charge in [0.2, 0.25) is 5.95 Å². The highest BCUT2D eigenvalue weighted by Crippen LogP contribution is 2.24. The van der Waals surface area contributed by atoms with Crippen molar-refractivity contribution in [1.29, 1.82) is 0 Å². The van der Waals surface area contributed by atoms with E-state index < -0.39 is 11.7 Å². The lowest BCUT2D eigenvalue weighted by molar-refractivity contribution is 0.102. The molecule has 0 unspecified atom stereocenters. The van der Waals surface area contributed by atoms with E-state index in [0.717, 1.165) is 22.4 Å². The summed E-state index contributed by atoms with van der Waals surface area (Å²) in [5.41, 5.74) is 10.8. The summed E-state index contributed by atoms with van der Waals surface area (Å²) in [6.45, 7) is 4.88. The van der Waals surface area contributed by atoms with Crippen LogP contribution < -0.4 is 21.5 Å². The van der Waals surface area contributed by atoms with E-state index in [4.69, 9.17) is 5.73 Å². The van der Waals surface area contributed by atoms with Crippen LogP contribution in [0.1, 0.15) is 32.7 Å². The van der Waals surface area contributed by atoms with Gasteiger partial charge in [0.25, 0.3) is 11.5 Å². The molecule has 0 fully saturated rings. The topological polar surface area (TPSA) is 106 Å². The van der Waals surface area contributed by atoms with Crippen LogP contribution in [0.2, 0.25) is 0 Å². The Kier molecular flexibility index (Phi) is 5.97. The van der Waals surface area contributed by atoms with Gasteiger partial charge in [-0.15, -0.1) is 0 Å². The molecular weight excluding hydrogens is 459 g/mol. The molecule has 2 aromatic carbocycles. The zero-order valence-corrected chi connectivity index (χ0v) is 20.0. The third-order valence-corrected chi connectivity index (χ3v) is 6.31. The minimum atomic E-state index is -0.580. The highest BCUT2D eigenvalue weighted by atomic mass is 19.1. The number of nitrogen functional groups attached to an aromatic ring is 1. The van der Waals surface area contributed by atoms with Crippen LogP contribution in [-0.2, 0) is 13.0 Å². The van der Waals surface area contributed by atoms with Gasteiger partial charge in [-0.25, -0.2) is 14.4 Å². The summed E-state index contributed by atoms with van der Waals surface area (Å²) in [7, 11) is 0. The van der Waals surface area contributed by atoms with E-state index in [1.54, 1.807) is 54.2 Å². The van der Waals surface area contributed by atoms with Gasteiger partial charge in [-0.3, -0.25) is 14.2 Å². The lowest BCUT2D eigenvalue weighted by Gasteiger charge is -2.30. The molecule has 0 saturated carbocycles. The van der Waals surface area contributed by atoms with Crippen molar-refractivity contribution in [3.05, 3.63) is 105 Å². The molecule has 182 valence electrons. The number of hydrogen-bond acceptors (Lipinski definition) is 6. The molecule has 1 aliphatic rings. The maximum absolute atomic E-state index is 14.1. The third-order valence-electron chi connectivity index (χ3n) is 6.31. The van der Waals surface area contributed by atoms with Gasteiger partial charge in [-0.05, 0) is 61.9 Å². The number of pyridine rings is 1. The van der Waals surface area contributed by atoms with E-state index in [2.05, 4.69) is 15.3 Å². The molecule has 0 bridgehead atoms. The van der Waals surface area contributed by atoms with E-state index in [9.17, 15) is 14.0 Å². The van der Waals surface area contributed by atoms with Gasteiger partial charge < -0.3 is 16.0 Å². The van der Waals surface area contributed by atoms with Crippen LogP contribution in [-0.4, -0.2) is 27.0 Å². The van der Waals surface area contributed by atoms with Crippen LogP contribution in [0.3, 0.4) is 0 Å². The summed E-state index contributed by atoms with van der Waals surface area (Å²) in [4.78, 5) is 36.5. The Bertz CT molecular complexity index is 1530. The zero-order valence-electron chi connectivity index (χ0n) is 20.0. The van der Waals surface area contributed by atoms with Crippen molar-refractivity contribution in [2.45, 2.75) is 26.8 Å². The maximum atomic E-state index is 14.1. The highest BCUT2D eigenvalue weighted by Gasteiger charge is 2.23. The van der Waals surface area contributed by atoms with Crippen molar-refractivity contribution in [2.24, 2.45) is 0 Å². The predicted octanol–water partition coefficient (Wildman–Crippen LogP) is 3.78. The average molecular weight is 485 g/mol. The first-order valence-electron chi connectivity index (χ1n) is 11.6. The second-order valence-electron chi connectivity index (χ2n) is 8.88. The van der Waals surface area contributed by atoms with Crippen LogP contribution in [0.4, 0.5) is 21.7 Å². The number of benzene rings is 2. The fourth-order valence-corrected chi connectivity index (χ4v) is 4.44. The zero-order chi connectivity index (χ0) is 25.4. The maximum Gasteiger partial charge on any atom is 0.278 e. The number of nitrogens with zero attached hydrogens (tertiary/aromatic N) is 4. The molecule has 0 aliphatic carbocycles. The fourth-order valence-electron chi connectivity index (χ4n) is 4.44. The minimum absolute atomic E-state index is 0.0188. The quantitative estimate of drug-likeness (QED) is 0.457. The van der Waals surface area contributed by atoms with Crippen molar-refractivity contribution in [3.8, 4) is 5.69 Å². The number of aryl methyl sites for hydroxylation is 2. The first-order valence-corrected chi connectivity index (χ1v) is 11.6. The van der Waals surface area contributed by atoms with E-state index >= 15 is 0 Å². The summed E-state index contributed by atoms with van der Waals surface area (Å²) in [5, 5.41) is 2.71. The first-order chi connectivity index (χ1) is 17.3. The summed E-state index contributed by atoms with van der Waals surface area (Å²) in [6, 6.07) is 13.2. The Morgan fingerprint density at radius 1 is 1.11 bits per heavy atom. The minimum Gasteiger partial charge on any atom is -0.368 e. The van der Waals surface area contributed by atoms with Crippen molar-refractivity contribution in [3.63, 3.8) is 0 Å². The lowest BCUT2D eigenvalue weighted by Crippen LogP contribution is -2.37. The molecule has 3 heterocycles. The predicted molar refractivity (Wildman–Crippen MR) is 137 cm³/mol. The number of nitrogens with two attached hydrogens (primary N) is 1. The molecule has 0 spiro atoms. The van der Waals surface area contributed by atoms with Crippen LogP contribution in [0.15, 0.2) is 65.7 Å². The monoisotopic (exact) mass is 484 g/mol. The number of anilines is 3. The number of rotatable bonds is 4. The molecule has 0 saturated heterocycles. The van der Waals surface area contributed by atoms with Crippen molar-refractivity contribution < 1.29 is 9.18 Å². The molecule has 9 heteroatoms. The average Bonchev–Trinajstić information content (AvgIpc) is 2.86. The number of amides is 1. The molecule has 2 aromatic heterocycles. The molecule has 0 atom stereocenters. The van der Waals surface area contributed by atoms with Crippen molar-refractivity contribution in [2.75, 3.05) is 22.5 Å². The van der Waals surface area contributed by atoms with Gasteiger partial charge in [0, 0.05) is 48.8 Å². The third kappa shape index (κ3) is 4.43. The fraction of sp³-hybridized carbons (Fsp3) is 0.185. The molecular formula is C27H25FN6O2. The smallest absolute Gasteiger partial charge is 0.278 e. The molecule has 3 N–H and O–H groups in total. The lowest BCUT2D eigenvalue weighted by atomic mass is 10.1. The van der Waals surface area contributed by atoms with Crippen molar-refractivity contribution in [1.82, 2.24) is 14.5 Å². The first kappa shape index (κ1) is 23.2. The Morgan fingerprint density at radius 2 is 1.89 bits per heavy atom. The van der Waals surface area contributed by atoms with E-state index in [1.807, 2.05) is 17.9 Å². The Labute approximate surface area is 207 Å². The second kappa shape index (κ2) is 9.26. The Hall–Kier alpha value is -4.53. The summed E-state index contributed by atoms with van der Waals surface area (Å²) < 4.78 is 15.6. The number of carbonyl (C=O) groups is 1. The van der Waals surface area contributed by atoms with Gasteiger partial charge >= 0.3 is 0 Å². The molecule has 1 aliphatic heterocycles. The molecule has 1 amide bonds. The largest absolute Gasteiger partial charge is 0.368 e. The summed E-state index contributed by atoms with van der Waals surface area (Å²) in [6.07, 6.45) is 4.13. The van der Waals surface area contributed by atoms with E-state index in [1.165, 1.54) is 12.1 Å². The number of aromatic nitrogens is 3. The van der Waals surface area contributed by atoms with Crippen LogP contribution in [0.5, 0.6) is 0 Å². The van der Waals surface area contributed by atoms with Crippen LogP contribution >= 0.6 is 0 Å². The van der Waals surface area contributed by atoms with Crippen LogP contribution in [0, 0.1) is 19.7 Å². The normalized spacial score (nSPS) is 12.8. The van der Waals surface area contributed by atoms with Crippen molar-refractivity contribution >= 4 is 23.2 Å². The summed E-state index contributed by atoms with van der Waals surface area (Å²) in [5.74, 6) is -0.859. The summed E-state index contributed by atoms with van der Waals surface area (Å²) >= 11 is 0. The highest BCUT2D eigenvalue weighted by molar-refractivity contribution is 6.04. The van der Waals surface area contributed by atoms with Gasteiger partial charge in [0.1, 0.15) is 11.5 Å². The van der Waals surface area contributed by atoms with Crippen LogP contribution in [0.25, 0.3) is 5.69 Å². The number of nitrogens with one attached hydrogen (secondary N) is 1. The number of fused-ring (bicyclic) bond motifs is 1. The molecule has 5 rings (SSSR count). The molecule has 0 radical (unpaired) electrons. The number of hydrogen-bond donors (Lipinski definition) is 2. The molecule has 8 nitrogen and oxygen atoms in total. The molecule has 4 aromatic rings. The molecule has 36 heavy (non-hydrogen) atoms. The number of halogens is 1. The van der Waals surface area contributed by atoms with Gasteiger partial charge in [0.05, 0.1) is 11.3 Å². The van der Waals surface area contributed by atoms with E-state index in [0.29, 0.717) is 36.6 Å².